The van der Waals surface area contributed by atoms with Crippen molar-refractivity contribution in [1.82, 2.24) is 34.6 Å². The van der Waals surface area contributed by atoms with E-state index in [1.165, 1.54) is 30.1 Å². The van der Waals surface area contributed by atoms with Gasteiger partial charge in [-0.05, 0) is 83.8 Å². The molecule has 53 heavy (non-hydrogen) atoms. The van der Waals surface area contributed by atoms with Crippen LogP contribution in [-0.4, -0.2) is 123 Å². The van der Waals surface area contributed by atoms with Crippen molar-refractivity contribution < 1.29 is 23.5 Å². The first kappa shape index (κ1) is 35.7. The smallest absolute Gasteiger partial charge is 0.257 e. The molecule has 1 aromatic carbocycles. The van der Waals surface area contributed by atoms with Crippen LogP contribution in [0, 0.1) is 11.2 Å². The number of likely N-dealkylation sites (tertiary alicyclic amines) is 2. The minimum atomic E-state index is -0.495. The molecule has 1 aliphatic carbocycles. The molecule has 0 unspecified atom stereocenters. The number of carbonyl (C=O) groups excluding carboxylic acids is 2. The van der Waals surface area contributed by atoms with E-state index in [0.29, 0.717) is 30.1 Å². The number of rotatable bonds is 13. The maximum Gasteiger partial charge on any atom is 0.257 e. The molecule has 0 radical (unpaired) electrons. The van der Waals surface area contributed by atoms with Crippen LogP contribution in [0.15, 0.2) is 43.0 Å². The first-order chi connectivity index (χ1) is 25.7. The quantitative estimate of drug-likeness (QED) is 0.245. The van der Waals surface area contributed by atoms with Gasteiger partial charge in [0.25, 0.3) is 5.91 Å². The lowest BCUT2D eigenvalue weighted by Gasteiger charge is -2.59. The molecular weight excluding hydrogens is 675 g/mol. The zero-order valence-corrected chi connectivity index (χ0v) is 31.2. The highest BCUT2D eigenvalue weighted by atomic mass is 19.1. The highest BCUT2D eigenvalue weighted by Gasteiger charge is 2.54. The molecule has 0 atom stereocenters. The van der Waals surface area contributed by atoms with E-state index in [-0.39, 0.29) is 34.8 Å². The van der Waals surface area contributed by atoms with Gasteiger partial charge < -0.3 is 24.2 Å². The Balaban J connectivity index is 0.833. The number of benzene rings is 1. The van der Waals surface area contributed by atoms with Crippen LogP contribution in [0.4, 0.5) is 10.2 Å². The molecule has 2 aromatic heterocycles. The summed E-state index contributed by atoms with van der Waals surface area (Å²) in [7, 11) is 0. The summed E-state index contributed by atoms with van der Waals surface area (Å²) in [6.45, 7) is 14.9. The topological polar surface area (TPSA) is 107 Å². The van der Waals surface area contributed by atoms with Crippen molar-refractivity contribution >= 4 is 17.6 Å². The van der Waals surface area contributed by atoms with Crippen LogP contribution in [-0.2, 0) is 17.8 Å². The van der Waals surface area contributed by atoms with Gasteiger partial charge in [-0.25, -0.2) is 14.4 Å². The van der Waals surface area contributed by atoms with Gasteiger partial charge in [0, 0.05) is 94.1 Å². The lowest BCUT2D eigenvalue weighted by atomic mass is 9.61. The first-order valence-electron chi connectivity index (χ1n) is 19.4. The molecule has 1 spiro atoms. The molecule has 0 bridgehead atoms. The summed E-state index contributed by atoms with van der Waals surface area (Å²) in [6.07, 6.45) is 10.9. The van der Waals surface area contributed by atoms with Crippen LogP contribution in [0.3, 0.4) is 0 Å². The van der Waals surface area contributed by atoms with Crippen LogP contribution in [0.2, 0.25) is 0 Å². The molecule has 1 saturated carbocycles. The lowest BCUT2D eigenvalue weighted by Crippen LogP contribution is -2.65. The Morgan fingerprint density at radius 2 is 1.85 bits per heavy atom. The van der Waals surface area contributed by atoms with Crippen LogP contribution in [0.1, 0.15) is 74.5 Å². The SMILES string of the molecule is CCN(C(=O)c1cc(F)ccc1Oc1cncnc1N1CC2(CC(Oc3ccnc4c3CN(CCCN3CC(N5CCCC5=O)C3)CC4)C2)C1)C(C)C. The molecule has 2 amide bonds. The predicted octanol–water partition coefficient (Wildman–Crippen LogP) is 4.78. The van der Waals surface area contributed by atoms with Gasteiger partial charge in [-0.1, -0.05) is 0 Å². The standard InChI is InChI=1S/C40H51FN8O4/c1-4-48(27(2)3)39(51)31-17-28(41)8-9-34(31)53-36-20-42-26-44-38(36)47-24-40(25-47)18-30(19-40)52-35-10-12-43-33-11-16-45(23-32(33)35)13-6-14-46-21-29(22-46)49-15-5-7-37(49)50/h8-10,12,17,20,26-27,29-30H,4-7,11,13-16,18-19,21-25H2,1-3H3. The molecule has 3 aromatic rings. The number of fused-ring (bicyclic) bond motifs is 1. The van der Waals surface area contributed by atoms with Crippen molar-refractivity contribution in [2.75, 3.05) is 63.8 Å². The number of carbonyl (C=O) groups is 2. The highest BCUT2D eigenvalue weighted by Crippen LogP contribution is 2.52. The Kier molecular flexibility index (Phi) is 9.97. The van der Waals surface area contributed by atoms with E-state index >= 15 is 0 Å². The number of hydrogen-bond donors (Lipinski definition) is 0. The number of halogens is 1. The fourth-order valence-electron chi connectivity index (χ4n) is 9.00. The van der Waals surface area contributed by atoms with Crippen molar-refractivity contribution in [3.63, 3.8) is 0 Å². The fourth-order valence-corrected chi connectivity index (χ4v) is 9.00. The van der Waals surface area contributed by atoms with Crippen molar-refractivity contribution in [1.29, 1.82) is 0 Å². The third-order valence-electron chi connectivity index (χ3n) is 11.8. The predicted molar refractivity (Wildman–Crippen MR) is 198 cm³/mol. The van der Waals surface area contributed by atoms with E-state index < -0.39 is 5.82 Å². The van der Waals surface area contributed by atoms with Crippen LogP contribution in [0.25, 0.3) is 0 Å². The molecule has 8 rings (SSSR count). The largest absolute Gasteiger partial charge is 0.490 e. The second-order valence-electron chi connectivity index (χ2n) is 15.9. The molecule has 0 N–H and O–H groups in total. The molecule has 282 valence electrons. The van der Waals surface area contributed by atoms with Gasteiger partial charge in [-0.3, -0.25) is 24.4 Å². The van der Waals surface area contributed by atoms with Crippen molar-refractivity contribution in [3.05, 3.63) is 65.6 Å². The van der Waals surface area contributed by atoms with Gasteiger partial charge >= 0.3 is 0 Å². The summed E-state index contributed by atoms with van der Waals surface area (Å²) in [5.74, 6) is 1.89. The maximum absolute atomic E-state index is 14.3. The van der Waals surface area contributed by atoms with E-state index in [0.717, 1.165) is 109 Å². The van der Waals surface area contributed by atoms with Crippen molar-refractivity contribution in [2.45, 2.75) is 84.0 Å². The normalized spacial score (nSPS) is 20.3. The van der Waals surface area contributed by atoms with E-state index in [2.05, 4.69) is 29.6 Å². The Morgan fingerprint density at radius 1 is 1.04 bits per heavy atom. The van der Waals surface area contributed by atoms with Crippen LogP contribution < -0.4 is 14.4 Å². The number of anilines is 1. The van der Waals surface area contributed by atoms with E-state index in [1.807, 2.05) is 33.0 Å². The number of amides is 2. The second-order valence-corrected chi connectivity index (χ2v) is 15.9. The van der Waals surface area contributed by atoms with Gasteiger partial charge in [0.15, 0.2) is 11.6 Å². The molecule has 12 nitrogen and oxygen atoms in total. The fraction of sp³-hybridized carbons (Fsp3) is 0.575. The van der Waals surface area contributed by atoms with E-state index in [4.69, 9.17) is 14.5 Å². The summed E-state index contributed by atoms with van der Waals surface area (Å²) in [6, 6.07) is 6.44. The van der Waals surface area contributed by atoms with Crippen molar-refractivity contribution in [3.8, 4) is 17.2 Å². The van der Waals surface area contributed by atoms with E-state index in [9.17, 15) is 14.0 Å². The average Bonchev–Trinajstić information content (AvgIpc) is 3.52. The lowest BCUT2D eigenvalue weighted by molar-refractivity contribution is -0.132. The van der Waals surface area contributed by atoms with Gasteiger partial charge in [0.2, 0.25) is 5.91 Å². The Hall–Kier alpha value is -4.36. The summed E-state index contributed by atoms with van der Waals surface area (Å²) < 4.78 is 27.3. The maximum atomic E-state index is 14.3. The van der Waals surface area contributed by atoms with Gasteiger partial charge in [-0.2, -0.15) is 0 Å². The Bertz CT molecular complexity index is 1820. The monoisotopic (exact) mass is 726 g/mol. The third kappa shape index (κ3) is 7.29. The summed E-state index contributed by atoms with van der Waals surface area (Å²) in [5, 5.41) is 0. The van der Waals surface area contributed by atoms with Gasteiger partial charge in [-0.15, -0.1) is 0 Å². The molecule has 13 heteroatoms. The zero-order valence-electron chi connectivity index (χ0n) is 31.2. The minimum Gasteiger partial charge on any atom is -0.490 e. The number of aromatic nitrogens is 3. The zero-order chi connectivity index (χ0) is 36.7. The number of ether oxygens (including phenoxy) is 2. The Labute approximate surface area is 311 Å². The second kappa shape index (κ2) is 14.8. The molecule has 6 heterocycles. The highest BCUT2D eigenvalue weighted by molar-refractivity contribution is 5.97. The molecule has 5 aliphatic rings. The number of nitrogens with zero attached hydrogens (tertiary/aromatic N) is 8. The van der Waals surface area contributed by atoms with E-state index in [1.54, 1.807) is 11.1 Å². The number of hydrogen-bond acceptors (Lipinski definition) is 10. The minimum absolute atomic E-state index is 0.0419. The average molecular weight is 727 g/mol. The first-order valence-corrected chi connectivity index (χ1v) is 19.4. The van der Waals surface area contributed by atoms with Crippen LogP contribution >= 0.6 is 0 Å². The molecule has 3 saturated heterocycles. The summed E-state index contributed by atoms with van der Waals surface area (Å²) in [4.78, 5) is 49.9. The number of pyridine rings is 1. The van der Waals surface area contributed by atoms with Gasteiger partial charge in [0.1, 0.15) is 29.7 Å². The molecule has 4 aliphatic heterocycles. The van der Waals surface area contributed by atoms with Gasteiger partial charge in [0.05, 0.1) is 17.8 Å². The molecular formula is C40H51FN8O4. The summed E-state index contributed by atoms with van der Waals surface area (Å²) in [5.41, 5.74) is 2.70. The van der Waals surface area contributed by atoms with Crippen molar-refractivity contribution in [2.24, 2.45) is 5.41 Å². The molecule has 4 fully saturated rings. The Morgan fingerprint density at radius 3 is 2.60 bits per heavy atom. The van der Waals surface area contributed by atoms with Crippen LogP contribution in [0.5, 0.6) is 17.2 Å². The third-order valence-corrected chi connectivity index (χ3v) is 11.8. The summed E-state index contributed by atoms with van der Waals surface area (Å²) >= 11 is 0.